The zero-order valence-corrected chi connectivity index (χ0v) is 14.5. The molecule has 0 unspecified atom stereocenters. The van der Waals surface area contributed by atoms with Crippen molar-refractivity contribution in [1.29, 1.82) is 0 Å². The predicted octanol–water partition coefficient (Wildman–Crippen LogP) is 2.93. The topological polar surface area (TPSA) is 105 Å². The third-order valence-corrected chi connectivity index (χ3v) is 4.51. The van der Waals surface area contributed by atoms with Crippen molar-refractivity contribution in [1.82, 2.24) is 15.2 Å². The number of aromatic nitrogens is 3. The van der Waals surface area contributed by atoms with Gasteiger partial charge in [-0.2, -0.15) is 10.2 Å². The maximum Gasteiger partial charge on any atom is 0.252 e. The Hall–Kier alpha value is -3.51. The molecule has 6 heteroatoms. The number of nitrogens with zero attached hydrogens (tertiary/aromatic N) is 2. The molecule has 0 aliphatic rings. The van der Waals surface area contributed by atoms with Crippen LogP contribution >= 0.6 is 0 Å². The summed E-state index contributed by atoms with van der Waals surface area (Å²) in [7, 11) is 0. The molecule has 27 heavy (non-hydrogen) atoms. The van der Waals surface area contributed by atoms with Crippen molar-refractivity contribution in [3.8, 4) is 16.9 Å². The predicted molar refractivity (Wildman–Crippen MR) is 104 cm³/mol. The summed E-state index contributed by atoms with van der Waals surface area (Å²) in [5.41, 5.74) is 10.1. The summed E-state index contributed by atoms with van der Waals surface area (Å²) in [6.07, 6.45) is 2.32. The summed E-state index contributed by atoms with van der Waals surface area (Å²) in [5.74, 6) is -0.0568. The highest BCUT2D eigenvalue weighted by Gasteiger charge is 2.12. The van der Waals surface area contributed by atoms with E-state index < -0.39 is 0 Å². The number of fused-ring (bicyclic) bond motifs is 1. The molecule has 1 atom stereocenters. The minimum atomic E-state index is -0.340. The Kier molecular flexibility index (Phi) is 4.40. The Morgan fingerprint density at radius 1 is 1.04 bits per heavy atom. The molecule has 0 radical (unpaired) electrons. The van der Waals surface area contributed by atoms with E-state index in [0.29, 0.717) is 23.0 Å². The quantitative estimate of drug-likeness (QED) is 0.520. The SMILES string of the molecule is N[C@@H](Cc1ccccc1)c1cc(-c2ccc3[nH]c(=O)cc(O)c3c2)cnn1. The van der Waals surface area contributed by atoms with E-state index in [2.05, 4.69) is 15.2 Å². The lowest BCUT2D eigenvalue weighted by Gasteiger charge is -2.12. The number of nitrogens with one attached hydrogen (secondary N) is 1. The molecule has 0 bridgehead atoms. The van der Waals surface area contributed by atoms with Crippen LogP contribution in [0.5, 0.6) is 5.75 Å². The molecule has 0 fully saturated rings. The van der Waals surface area contributed by atoms with Gasteiger partial charge in [-0.05, 0) is 35.7 Å². The number of rotatable bonds is 4. The number of hydrogen-bond donors (Lipinski definition) is 3. The van der Waals surface area contributed by atoms with Gasteiger partial charge in [0.15, 0.2) is 0 Å². The van der Waals surface area contributed by atoms with E-state index in [-0.39, 0.29) is 17.4 Å². The van der Waals surface area contributed by atoms with Gasteiger partial charge in [-0.15, -0.1) is 0 Å². The van der Waals surface area contributed by atoms with Crippen LogP contribution in [0.15, 0.2) is 71.7 Å². The molecular formula is C21H18N4O2. The number of aromatic amines is 1. The second-order valence-electron chi connectivity index (χ2n) is 6.44. The minimum absolute atomic E-state index is 0.0568. The van der Waals surface area contributed by atoms with Crippen molar-refractivity contribution in [2.24, 2.45) is 5.73 Å². The van der Waals surface area contributed by atoms with Crippen LogP contribution in [-0.4, -0.2) is 20.3 Å². The zero-order valence-electron chi connectivity index (χ0n) is 14.5. The van der Waals surface area contributed by atoms with Crippen LogP contribution in [-0.2, 0) is 6.42 Å². The van der Waals surface area contributed by atoms with E-state index in [1.807, 2.05) is 48.5 Å². The lowest BCUT2D eigenvalue weighted by Crippen LogP contribution is -2.15. The van der Waals surface area contributed by atoms with Crippen LogP contribution in [0.2, 0.25) is 0 Å². The molecule has 6 nitrogen and oxygen atoms in total. The summed E-state index contributed by atoms with van der Waals surface area (Å²) < 4.78 is 0. The van der Waals surface area contributed by atoms with Gasteiger partial charge in [-0.1, -0.05) is 36.4 Å². The molecule has 0 spiro atoms. The fourth-order valence-corrected chi connectivity index (χ4v) is 3.11. The number of H-pyrrole nitrogens is 1. The third kappa shape index (κ3) is 3.56. The third-order valence-electron chi connectivity index (χ3n) is 4.51. The first kappa shape index (κ1) is 16.9. The Balaban J connectivity index is 1.68. The first-order valence-corrected chi connectivity index (χ1v) is 8.59. The van der Waals surface area contributed by atoms with Gasteiger partial charge in [0, 0.05) is 17.0 Å². The molecule has 4 aromatic rings. The van der Waals surface area contributed by atoms with Gasteiger partial charge in [-0.25, -0.2) is 0 Å². The van der Waals surface area contributed by atoms with Crippen molar-refractivity contribution in [2.75, 3.05) is 0 Å². The first-order valence-electron chi connectivity index (χ1n) is 8.59. The van der Waals surface area contributed by atoms with Gasteiger partial charge >= 0.3 is 0 Å². The van der Waals surface area contributed by atoms with Crippen molar-refractivity contribution < 1.29 is 5.11 Å². The van der Waals surface area contributed by atoms with Crippen molar-refractivity contribution in [3.63, 3.8) is 0 Å². The van der Waals surface area contributed by atoms with E-state index in [1.54, 1.807) is 12.3 Å². The van der Waals surface area contributed by atoms with E-state index in [0.717, 1.165) is 22.8 Å². The molecule has 4 rings (SSSR count). The van der Waals surface area contributed by atoms with Crippen LogP contribution in [0.4, 0.5) is 0 Å². The van der Waals surface area contributed by atoms with Crippen molar-refractivity contribution >= 4 is 10.9 Å². The summed E-state index contributed by atoms with van der Waals surface area (Å²) in [5, 5.41) is 18.9. The summed E-state index contributed by atoms with van der Waals surface area (Å²) >= 11 is 0. The zero-order chi connectivity index (χ0) is 18.8. The molecule has 0 aliphatic carbocycles. The highest BCUT2D eigenvalue weighted by atomic mass is 16.3. The average Bonchev–Trinajstić information content (AvgIpc) is 2.68. The minimum Gasteiger partial charge on any atom is -0.507 e. The van der Waals surface area contributed by atoms with Gasteiger partial charge in [0.2, 0.25) is 0 Å². The van der Waals surface area contributed by atoms with Gasteiger partial charge < -0.3 is 15.8 Å². The van der Waals surface area contributed by atoms with Crippen molar-refractivity contribution in [2.45, 2.75) is 12.5 Å². The van der Waals surface area contributed by atoms with E-state index >= 15 is 0 Å². The van der Waals surface area contributed by atoms with E-state index in [1.165, 1.54) is 0 Å². The largest absolute Gasteiger partial charge is 0.507 e. The van der Waals surface area contributed by atoms with Crippen LogP contribution in [0.25, 0.3) is 22.0 Å². The lowest BCUT2D eigenvalue weighted by atomic mass is 10.0. The number of benzene rings is 2. The Bertz CT molecular complexity index is 1160. The summed E-state index contributed by atoms with van der Waals surface area (Å²) in [6.45, 7) is 0. The first-order chi connectivity index (χ1) is 13.1. The Morgan fingerprint density at radius 3 is 2.67 bits per heavy atom. The van der Waals surface area contributed by atoms with Crippen LogP contribution < -0.4 is 11.3 Å². The van der Waals surface area contributed by atoms with Crippen molar-refractivity contribution in [3.05, 3.63) is 88.5 Å². The summed E-state index contributed by atoms with van der Waals surface area (Å²) in [4.78, 5) is 14.2. The molecule has 0 saturated heterocycles. The molecule has 0 saturated carbocycles. The normalized spacial score (nSPS) is 12.2. The molecule has 2 heterocycles. The number of pyridine rings is 1. The standard InChI is InChI=1S/C21H18N4O2/c22-17(8-13-4-2-1-3-5-13)19-10-15(12-23-25-19)14-6-7-18-16(9-14)20(26)11-21(27)24-18/h1-7,9-12,17H,8,22H2,(H2,24,26,27)/t17-/m0/s1. The van der Waals surface area contributed by atoms with E-state index in [9.17, 15) is 9.90 Å². The number of hydrogen-bond acceptors (Lipinski definition) is 5. The number of nitrogens with two attached hydrogens (primary N) is 1. The Labute approximate surface area is 155 Å². The highest BCUT2D eigenvalue weighted by molar-refractivity contribution is 5.88. The van der Waals surface area contributed by atoms with E-state index in [4.69, 9.17) is 5.73 Å². The van der Waals surface area contributed by atoms with Gasteiger partial charge in [0.25, 0.3) is 5.56 Å². The second-order valence-corrected chi connectivity index (χ2v) is 6.44. The van der Waals surface area contributed by atoms with Crippen LogP contribution in [0.1, 0.15) is 17.3 Å². The molecule has 2 aromatic heterocycles. The van der Waals surface area contributed by atoms with Crippen LogP contribution in [0, 0.1) is 0 Å². The summed E-state index contributed by atoms with van der Waals surface area (Å²) in [6, 6.07) is 18.2. The van der Waals surface area contributed by atoms with Gasteiger partial charge in [0.05, 0.1) is 23.4 Å². The highest BCUT2D eigenvalue weighted by Crippen LogP contribution is 2.28. The molecule has 134 valence electrons. The maximum atomic E-state index is 11.5. The monoisotopic (exact) mass is 358 g/mol. The molecule has 2 aromatic carbocycles. The molecule has 0 amide bonds. The lowest BCUT2D eigenvalue weighted by molar-refractivity contribution is 0.480. The number of aromatic hydroxyl groups is 1. The average molecular weight is 358 g/mol. The smallest absolute Gasteiger partial charge is 0.252 e. The Morgan fingerprint density at radius 2 is 1.85 bits per heavy atom. The van der Waals surface area contributed by atoms with Gasteiger partial charge in [0.1, 0.15) is 5.75 Å². The fraction of sp³-hybridized carbons (Fsp3) is 0.0952. The molecule has 0 aliphatic heterocycles. The van der Waals surface area contributed by atoms with Gasteiger partial charge in [-0.3, -0.25) is 4.79 Å². The maximum absolute atomic E-state index is 11.5. The molecule has 4 N–H and O–H groups in total. The van der Waals surface area contributed by atoms with Crippen LogP contribution in [0.3, 0.4) is 0 Å². The molecular weight excluding hydrogens is 340 g/mol. The second kappa shape index (κ2) is 7.01. The fourth-order valence-electron chi connectivity index (χ4n) is 3.11.